The molecule has 1 aliphatic rings. The molecule has 0 spiro atoms. The zero-order valence-corrected chi connectivity index (χ0v) is 12.2. The van der Waals surface area contributed by atoms with E-state index in [1.165, 1.54) is 7.11 Å². The molecule has 0 N–H and O–H groups in total. The molecule has 1 amide bonds. The van der Waals surface area contributed by atoms with E-state index in [1.54, 1.807) is 4.90 Å². The van der Waals surface area contributed by atoms with Gasteiger partial charge in [0, 0.05) is 20.2 Å². The van der Waals surface area contributed by atoms with Gasteiger partial charge in [0.15, 0.2) is 0 Å². The molecule has 2 rings (SSSR count). The zero-order chi connectivity index (χ0) is 14.7. The number of aromatic nitrogens is 2. The van der Waals surface area contributed by atoms with Crippen LogP contribution in [-0.2, 0) is 22.7 Å². The van der Waals surface area contributed by atoms with E-state index in [-0.39, 0.29) is 24.9 Å². The van der Waals surface area contributed by atoms with Crippen molar-refractivity contribution >= 4 is 5.91 Å². The minimum atomic E-state index is -0.622. The molecule has 7 nitrogen and oxygen atoms in total. The number of ether oxygens (including phenoxy) is 1. The zero-order valence-electron chi connectivity index (χ0n) is 12.2. The molecule has 1 aliphatic heterocycles. The van der Waals surface area contributed by atoms with Gasteiger partial charge in [-0.3, -0.25) is 4.79 Å². The van der Waals surface area contributed by atoms with Crippen molar-refractivity contribution in [3.05, 3.63) is 16.4 Å². The molecule has 1 fully saturated rings. The summed E-state index contributed by atoms with van der Waals surface area (Å²) in [4.78, 5) is 25.6. The molecule has 2 atom stereocenters. The van der Waals surface area contributed by atoms with Crippen LogP contribution in [0.5, 0.6) is 0 Å². The van der Waals surface area contributed by atoms with Gasteiger partial charge in [-0.25, -0.2) is 4.79 Å². The van der Waals surface area contributed by atoms with Crippen molar-refractivity contribution in [2.75, 3.05) is 20.2 Å². The second-order valence-corrected chi connectivity index (χ2v) is 5.60. The van der Waals surface area contributed by atoms with Crippen molar-refractivity contribution in [2.45, 2.75) is 33.4 Å². The van der Waals surface area contributed by atoms with Crippen LogP contribution in [-0.4, -0.2) is 40.8 Å². The molecule has 0 saturated carbocycles. The van der Waals surface area contributed by atoms with E-state index in [0.717, 1.165) is 24.2 Å². The number of carbonyl (C=O) groups is 1. The molecule has 7 heteroatoms. The fourth-order valence-corrected chi connectivity index (χ4v) is 2.73. The molecule has 0 radical (unpaired) electrons. The SMILES string of the molecule is COCc1nn(CC(=O)N2CC(C)CC(C)C2)c(=O)o1. The molecule has 20 heavy (non-hydrogen) atoms. The van der Waals surface area contributed by atoms with E-state index in [4.69, 9.17) is 9.15 Å². The number of hydrogen-bond donors (Lipinski definition) is 0. The first-order valence-electron chi connectivity index (χ1n) is 6.83. The van der Waals surface area contributed by atoms with Gasteiger partial charge in [-0.2, -0.15) is 4.68 Å². The third kappa shape index (κ3) is 3.47. The summed E-state index contributed by atoms with van der Waals surface area (Å²) in [6, 6.07) is 0. The van der Waals surface area contributed by atoms with E-state index in [2.05, 4.69) is 18.9 Å². The highest BCUT2D eigenvalue weighted by Crippen LogP contribution is 2.20. The Kier molecular flexibility index (Phi) is 4.59. The molecule has 1 aromatic heterocycles. The van der Waals surface area contributed by atoms with Crippen molar-refractivity contribution < 1.29 is 13.9 Å². The quantitative estimate of drug-likeness (QED) is 0.803. The summed E-state index contributed by atoms with van der Waals surface area (Å²) in [6.45, 7) is 5.78. The molecule has 1 saturated heterocycles. The number of piperidine rings is 1. The Bertz CT molecular complexity index is 512. The number of rotatable bonds is 4. The predicted octanol–water partition coefficient (Wildman–Crippen LogP) is 0.487. The third-order valence-corrected chi connectivity index (χ3v) is 3.42. The molecule has 112 valence electrons. The van der Waals surface area contributed by atoms with Gasteiger partial charge in [0.2, 0.25) is 11.8 Å². The summed E-state index contributed by atoms with van der Waals surface area (Å²) >= 11 is 0. The standard InChI is InChI=1S/C13H21N3O4/c1-9-4-10(2)6-15(5-9)12(17)7-16-13(18)20-11(14-16)8-19-3/h9-10H,4-8H2,1-3H3. The van der Waals surface area contributed by atoms with Crippen LogP contribution in [0.3, 0.4) is 0 Å². The topological polar surface area (TPSA) is 77.6 Å². The maximum atomic E-state index is 12.2. The normalized spacial score (nSPS) is 23.1. The van der Waals surface area contributed by atoms with Crippen LogP contribution in [0.25, 0.3) is 0 Å². The van der Waals surface area contributed by atoms with E-state index >= 15 is 0 Å². The van der Waals surface area contributed by atoms with Crippen LogP contribution >= 0.6 is 0 Å². The van der Waals surface area contributed by atoms with E-state index in [0.29, 0.717) is 11.8 Å². The van der Waals surface area contributed by atoms with Crippen molar-refractivity contribution in [1.82, 2.24) is 14.7 Å². The monoisotopic (exact) mass is 283 g/mol. The summed E-state index contributed by atoms with van der Waals surface area (Å²) in [5, 5.41) is 3.94. The molecular weight excluding hydrogens is 262 g/mol. The molecule has 0 aromatic carbocycles. The predicted molar refractivity (Wildman–Crippen MR) is 71.0 cm³/mol. The maximum Gasteiger partial charge on any atom is 0.437 e. The minimum Gasteiger partial charge on any atom is -0.390 e. The van der Waals surface area contributed by atoms with E-state index in [9.17, 15) is 9.59 Å². The van der Waals surface area contributed by atoms with Gasteiger partial charge in [-0.15, -0.1) is 5.10 Å². The lowest BCUT2D eigenvalue weighted by Crippen LogP contribution is -2.44. The van der Waals surface area contributed by atoms with Gasteiger partial charge in [-0.1, -0.05) is 13.8 Å². The molecule has 2 heterocycles. The van der Waals surface area contributed by atoms with Gasteiger partial charge in [0.05, 0.1) is 0 Å². The highest BCUT2D eigenvalue weighted by molar-refractivity contribution is 5.76. The van der Waals surface area contributed by atoms with E-state index in [1.807, 2.05) is 0 Å². The largest absolute Gasteiger partial charge is 0.437 e. The van der Waals surface area contributed by atoms with Crippen LogP contribution in [0, 0.1) is 11.8 Å². The molecule has 1 aromatic rings. The Hall–Kier alpha value is -1.63. The smallest absolute Gasteiger partial charge is 0.390 e. The Balaban J connectivity index is 2.02. The number of carbonyl (C=O) groups excluding carboxylic acids is 1. The highest BCUT2D eigenvalue weighted by Gasteiger charge is 2.26. The Morgan fingerprint density at radius 1 is 1.40 bits per heavy atom. The van der Waals surface area contributed by atoms with Crippen molar-refractivity contribution in [1.29, 1.82) is 0 Å². The molecule has 0 bridgehead atoms. The van der Waals surface area contributed by atoms with Crippen LogP contribution < -0.4 is 5.76 Å². The second kappa shape index (κ2) is 6.21. The number of amides is 1. The first-order valence-corrected chi connectivity index (χ1v) is 6.83. The van der Waals surface area contributed by atoms with Gasteiger partial charge in [-0.05, 0) is 18.3 Å². The molecule has 2 unspecified atom stereocenters. The van der Waals surface area contributed by atoms with Gasteiger partial charge in [0.1, 0.15) is 13.2 Å². The summed E-state index contributed by atoms with van der Waals surface area (Å²) in [7, 11) is 1.49. The average molecular weight is 283 g/mol. The Morgan fingerprint density at radius 3 is 2.65 bits per heavy atom. The fourth-order valence-electron chi connectivity index (χ4n) is 2.73. The maximum absolute atomic E-state index is 12.2. The lowest BCUT2D eigenvalue weighted by atomic mass is 9.92. The molecule has 0 aliphatic carbocycles. The average Bonchev–Trinajstić information content (AvgIpc) is 2.69. The number of hydrogen-bond acceptors (Lipinski definition) is 5. The minimum absolute atomic E-state index is 0.0779. The number of likely N-dealkylation sites (tertiary alicyclic amines) is 1. The lowest BCUT2D eigenvalue weighted by molar-refractivity contribution is -0.134. The van der Waals surface area contributed by atoms with Crippen LogP contribution in [0.15, 0.2) is 9.21 Å². The first kappa shape index (κ1) is 14.8. The van der Waals surface area contributed by atoms with Crippen molar-refractivity contribution in [3.63, 3.8) is 0 Å². The Morgan fingerprint density at radius 2 is 2.05 bits per heavy atom. The Labute approximate surface area is 117 Å². The summed E-state index contributed by atoms with van der Waals surface area (Å²) in [6.07, 6.45) is 1.13. The third-order valence-electron chi connectivity index (χ3n) is 3.42. The second-order valence-electron chi connectivity index (χ2n) is 5.60. The van der Waals surface area contributed by atoms with Crippen LogP contribution in [0.4, 0.5) is 0 Å². The number of methoxy groups -OCH3 is 1. The van der Waals surface area contributed by atoms with Crippen LogP contribution in [0.2, 0.25) is 0 Å². The van der Waals surface area contributed by atoms with Gasteiger partial charge < -0.3 is 14.1 Å². The molecular formula is C13H21N3O4. The lowest BCUT2D eigenvalue weighted by Gasteiger charge is -2.34. The highest BCUT2D eigenvalue weighted by atomic mass is 16.5. The van der Waals surface area contributed by atoms with Crippen molar-refractivity contribution in [2.24, 2.45) is 11.8 Å². The van der Waals surface area contributed by atoms with Crippen molar-refractivity contribution in [3.8, 4) is 0 Å². The summed E-state index contributed by atoms with van der Waals surface area (Å²) in [5.41, 5.74) is 0. The summed E-state index contributed by atoms with van der Waals surface area (Å²) < 4.78 is 10.8. The number of nitrogens with zero attached hydrogens (tertiary/aromatic N) is 3. The van der Waals surface area contributed by atoms with E-state index < -0.39 is 5.76 Å². The van der Waals surface area contributed by atoms with Crippen LogP contribution in [0.1, 0.15) is 26.2 Å². The fraction of sp³-hybridized carbons (Fsp3) is 0.769. The van der Waals surface area contributed by atoms with Gasteiger partial charge >= 0.3 is 5.76 Å². The first-order chi connectivity index (χ1) is 9.49. The summed E-state index contributed by atoms with van der Waals surface area (Å²) in [5.74, 6) is 0.443. The van der Waals surface area contributed by atoms with Gasteiger partial charge in [0.25, 0.3) is 0 Å².